The SMILES string of the molecule is CC#Cc1ccc(C(=O)NC2CCCCC2)c2c1cnn2C(C)c1ccc(C2CC2)cn1. The van der Waals surface area contributed by atoms with Crippen molar-refractivity contribution in [2.24, 2.45) is 0 Å². The number of hydrogen-bond donors (Lipinski definition) is 1. The Morgan fingerprint density at radius 2 is 1.91 bits per heavy atom. The fraction of sp³-hybridized carbons (Fsp3) is 0.444. The molecule has 0 saturated heterocycles. The van der Waals surface area contributed by atoms with E-state index in [1.54, 1.807) is 0 Å². The summed E-state index contributed by atoms with van der Waals surface area (Å²) in [6, 6.07) is 8.29. The molecule has 164 valence electrons. The normalized spacial score (nSPS) is 17.6. The van der Waals surface area contributed by atoms with Crippen LogP contribution in [0.25, 0.3) is 10.9 Å². The van der Waals surface area contributed by atoms with E-state index in [0.717, 1.165) is 35.0 Å². The number of nitrogens with zero attached hydrogens (tertiary/aromatic N) is 3. The Labute approximate surface area is 189 Å². The molecule has 2 aromatic heterocycles. The second kappa shape index (κ2) is 8.78. The number of carbonyl (C=O) groups excluding carboxylic acids is 1. The van der Waals surface area contributed by atoms with Crippen molar-refractivity contribution in [3.8, 4) is 11.8 Å². The maximum Gasteiger partial charge on any atom is 0.253 e. The van der Waals surface area contributed by atoms with Gasteiger partial charge in [0, 0.05) is 23.2 Å². The molecular formula is C27H30N4O. The van der Waals surface area contributed by atoms with Crippen molar-refractivity contribution in [1.29, 1.82) is 0 Å². The fourth-order valence-corrected chi connectivity index (χ4v) is 4.84. The molecule has 0 bridgehead atoms. The van der Waals surface area contributed by atoms with Crippen LogP contribution in [-0.4, -0.2) is 26.7 Å². The molecule has 2 saturated carbocycles. The van der Waals surface area contributed by atoms with Crippen LogP contribution in [0.15, 0.2) is 36.7 Å². The van der Waals surface area contributed by atoms with E-state index in [2.05, 4.69) is 36.2 Å². The zero-order valence-corrected chi connectivity index (χ0v) is 18.9. The van der Waals surface area contributed by atoms with Gasteiger partial charge in [-0.15, -0.1) is 5.92 Å². The summed E-state index contributed by atoms with van der Waals surface area (Å²) >= 11 is 0. The summed E-state index contributed by atoms with van der Waals surface area (Å²) in [5.41, 5.74) is 4.65. The van der Waals surface area contributed by atoms with E-state index >= 15 is 0 Å². The summed E-state index contributed by atoms with van der Waals surface area (Å²) in [5, 5.41) is 8.89. The third kappa shape index (κ3) is 4.02. The molecule has 2 aliphatic carbocycles. The van der Waals surface area contributed by atoms with E-state index in [0.29, 0.717) is 11.5 Å². The highest BCUT2D eigenvalue weighted by atomic mass is 16.1. The number of amides is 1. The van der Waals surface area contributed by atoms with Crippen molar-refractivity contribution in [2.45, 2.75) is 76.8 Å². The van der Waals surface area contributed by atoms with E-state index in [4.69, 9.17) is 10.1 Å². The molecular weight excluding hydrogens is 396 g/mol. The fourth-order valence-electron chi connectivity index (χ4n) is 4.84. The maximum atomic E-state index is 13.3. The summed E-state index contributed by atoms with van der Waals surface area (Å²) in [5.74, 6) is 6.81. The summed E-state index contributed by atoms with van der Waals surface area (Å²) in [4.78, 5) is 18.1. The van der Waals surface area contributed by atoms with Crippen molar-refractivity contribution in [1.82, 2.24) is 20.1 Å². The van der Waals surface area contributed by atoms with Gasteiger partial charge >= 0.3 is 0 Å². The van der Waals surface area contributed by atoms with Gasteiger partial charge in [-0.25, -0.2) is 0 Å². The van der Waals surface area contributed by atoms with Gasteiger partial charge in [0.1, 0.15) is 0 Å². The van der Waals surface area contributed by atoms with Crippen molar-refractivity contribution in [3.05, 3.63) is 59.0 Å². The quantitative estimate of drug-likeness (QED) is 0.559. The third-order valence-electron chi connectivity index (χ3n) is 6.85. The number of hydrogen-bond acceptors (Lipinski definition) is 3. The lowest BCUT2D eigenvalue weighted by atomic mass is 9.95. The van der Waals surface area contributed by atoms with Gasteiger partial charge in [0.2, 0.25) is 0 Å². The lowest BCUT2D eigenvalue weighted by Gasteiger charge is -2.23. The average Bonchev–Trinajstić information content (AvgIpc) is 3.58. The average molecular weight is 427 g/mol. The molecule has 3 aromatic rings. The van der Waals surface area contributed by atoms with Crippen LogP contribution >= 0.6 is 0 Å². The number of nitrogens with one attached hydrogen (secondary N) is 1. The standard InChI is InChI=1S/C27H30N4O/c1-3-7-20-12-14-23(27(32)30-22-8-5-4-6-9-22)26-24(20)17-29-31(26)18(2)25-15-13-21(16-28-25)19-10-11-19/h12-19,22H,4-6,8-11H2,1-2H3,(H,30,32). The zero-order chi connectivity index (χ0) is 22.1. The number of aromatic nitrogens is 3. The molecule has 0 spiro atoms. The molecule has 1 unspecified atom stereocenters. The van der Waals surface area contributed by atoms with Crippen LogP contribution in [0, 0.1) is 11.8 Å². The molecule has 32 heavy (non-hydrogen) atoms. The van der Waals surface area contributed by atoms with Gasteiger partial charge in [-0.2, -0.15) is 5.10 Å². The molecule has 1 aromatic carbocycles. The van der Waals surface area contributed by atoms with Crippen LogP contribution in [0.4, 0.5) is 0 Å². The van der Waals surface area contributed by atoms with E-state index < -0.39 is 0 Å². The van der Waals surface area contributed by atoms with E-state index in [-0.39, 0.29) is 18.0 Å². The lowest BCUT2D eigenvalue weighted by Crippen LogP contribution is -2.36. The number of pyridine rings is 1. The summed E-state index contributed by atoms with van der Waals surface area (Å²) in [7, 11) is 0. The van der Waals surface area contributed by atoms with E-state index in [1.165, 1.54) is 37.7 Å². The first kappa shape index (κ1) is 20.8. The Morgan fingerprint density at radius 3 is 2.59 bits per heavy atom. The molecule has 1 atom stereocenters. The van der Waals surface area contributed by atoms with Gasteiger partial charge in [0.25, 0.3) is 5.91 Å². The largest absolute Gasteiger partial charge is 0.349 e. The Kier molecular flexibility index (Phi) is 5.70. The first-order valence-electron chi connectivity index (χ1n) is 11.9. The minimum atomic E-state index is -0.0909. The smallest absolute Gasteiger partial charge is 0.253 e. The molecule has 5 nitrogen and oxygen atoms in total. The monoisotopic (exact) mass is 426 g/mol. The number of carbonyl (C=O) groups is 1. The van der Waals surface area contributed by atoms with E-state index in [1.807, 2.05) is 36.1 Å². The summed E-state index contributed by atoms with van der Waals surface area (Å²) in [6.07, 6.45) is 12.1. The highest BCUT2D eigenvalue weighted by molar-refractivity contribution is 6.07. The highest BCUT2D eigenvalue weighted by Gasteiger charge is 2.25. The minimum absolute atomic E-state index is 0.0242. The number of benzene rings is 1. The minimum Gasteiger partial charge on any atom is -0.349 e. The van der Waals surface area contributed by atoms with Gasteiger partial charge in [0.05, 0.1) is 29.0 Å². The second-order valence-corrected chi connectivity index (χ2v) is 9.16. The maximum absolute atomic E-state index is 13.3. The number of fused-ring (bicyclic) bond motifs is 1. The van der Waals surface area contributed by atoms with Gasteiger partial charge in [0.15, 0.2) is 0 Å². The Balaban J connectivity index is 1.53. The van der Waals surface area contributed by atoms with Crippen molar-refractivity contribution < 1.29 is 4.79 Å². The van der Waals surface area contributed by atoms with Crippen LogP contribution in [0.2, 0.25) is 0 Å². The second-order valence-electron chi connectivity index (χ2n) is 9.16. The zero-order valence-electron chi connectivity index (χ0n) is 18.9. The predicted molar refractivity (Wildman–Crippen MR) is 127 cm³/mol. The first-order valence-corrected chi connectivity index (χ1v) is 11.9. The number of rotatable bonds is 5. The van der Waals surface area contributed by atoms with Crippen LogP contribution in [0.5, 0.6) is 0 Å². The molecule has 5 heteroatoms. The van der Waals surface area contributed by atoms with Gasteiger partial charge in [-0.05, 0) is 69.2 Å². The summed E-state index contributed by atoms with van der Waals surface area (Å²) in [6.45, 7) is 3.92. The Morgan fingerprint density at radius 1 is 1.09 bits per heavy atom. The van der Waals surface area contributed by atoms with Crippen molar-refractivity contribution in [2.75, 3.05) is 0 Å². The Bertz CT molecular complexity index is 1190. The molecule has 2 aliphatic rings. The predicted octanol–water partition coefficient (Wildman–Crippen LogP) is 5.35. The van der Waals surface area contributed by atoms with Crippen LogP contribution in [0.1, 0.15) is 97.9 Å². The lowest BCUT2D eigenvalue weighted by molar-refractivity contribution is 0.0929. The molecule has 5 rings (SSSR count). The van der Waals surface area contributed by atoms with Gasteiger partial charge in [-0.1, -0.05) is 31.2 Å². The van der Waals surface area contributed by atoms with Gasteiger partial charge in [-0.3, -0.25) is 14.5 Å². The van der Waals surface area contributed by atoms with Crippen molar-refractivity contribution in [3.63, 3.8) is 0 Å². The van der Waals surface area contributed by atoms with E-state index in [9.17, 15) is 4.79 Å². The first-order chi connectivity index (χ1) is 15.7. The molecule has 1 amide bonds. The van der Waals surface area contributed by atoms with Crippen LogP contribution < -0.4 is 5.32 Å². The van der Waals surface area contributed by atoms with Crippen molar-refractivity contribution >= 4 is 16.8 Å². The summed E-state index contributed by atoms with van der Waals surface area (Å²) < 4.78 is 1.94. The Hall–Kier alpha value is -3.13. The molecule has 2 fully saturated rings. The van der Waals surface area contributed by atoms with Crippen LogP contribution in [0.3, 0.4) is 0 Å². The topological polar surface area (TPSA) is 59.8 Å². The molecule has 2 heterocycles. The highest BCUT2D eigenvalue weighted by Crippen LogP contribution is 2.40. The molecule has 1 N–H and O–H groups in total. The van der Waals surface area contributed by atoms with Crippen LogP contribution in [-0.2, 0) is 0 Å². The molecule has 0 radical (unpaired) electrons. The third-order valence-corrected chi connectivity index (χ3v) is 6.85. The van der Waals surface area contributed by atoms with Gasteiger partial charge < -0.3 is 5.32 Å². The molecule has 0 aliphatic heterocycles.